The number of rotatable bonds is 7. The summed E-state index contributed by atoms with van der Waals surface area (Å²) in [5, 5.41) is 2.98. The van der Waals surface area contributed by atoms with Gasteiger partial charge in [-0.25, -0.2) is 4.98 Å². The molecule has 0 bridgehead atoms. The van der Waals surface area contributed by atoms with Crippen molar-refractivity contribution in [2.24, 2.45) is 0 Å². The smallest absolute Gasteiger partial charge is 0.221 e. The number of aromatic nitrogens is 2. The fourth-order valence-corrected chi connectivity index (χ4v) is 3.38. The van der Waals surface area contributed by atoms with E-state index in [-0.39, 0.29) is 5.91 Å². The van der Waals surface area contributed by atoms with Crippen molar-refractivity contribution in [1.82, 2.24) is 20.2 Å². The van der Waals surface area contributed by atoms with E-state index in [1.165, 1.54) is 0 Å². The van der Waals surface area contributed by atoms with Crippen molar-refractivity contribution in [3.63, 3.8) is 0 Å². The van der Waals surface area contributed by atoms with Crippen LogP contribution in [-0.2, 0) is 11.3 Å². The number of amides is 1. The maximum atomic E-state index is 12.1. The highest BCUT2D eigenvalue weighted by Gasteiger charge is 2.30. The molecule has 0 radical (unpaired) electrons. The van der Waals surface area contributed by atoms with Crippen LogP contribution >= 0.6 is 0 Å². The van der Waals surface area contributed by atoms with Crippen molar-refractivity contribution < 1.29 is 9.53 Å². The lowest BCUT2D eigenvalue weighted by Gasteiger charge is -2.38. The quantitative estimate of drug-likeness (QED) is 0.676. The summed E-state index contributed by atoms with van der Waals surface area (Å²) in [5.41, 5.74) is 3.17. The molecule has 0 atom stereocenters. The highest BCUT2D eigenvalue weighted by molar-refractivity contribution is 5.76. The molecule has 3 aromatic rings. The van der Waals surface area contributed by atoms with Gasteiger partial charge in [0.25, 0.3) is 0 Å². The standard InChI is InChI=1S/C21H24N4O2/c1-27-17-8-6-15(7-9-17)12-22-20(26)10-11-25-13-16(14-25)21-23-18-4-2-3-5-19(18)24-21/h2-9,16H,10-14H2,1H3,(H,22,26)(H,23,24). The van der Waals surface area contributed by atoms with Crippen LogP contribution in [0.15, 0.2) is 48.5 Å². The van der Waals surface area contributed by atoms with Crippen LogP contribution in [0.25, 0.3) is 11.0 Å². The average Bonchev–Trinajstić information content (AvgIpc) is 3.09. The first-order valence-electron chi connectivity index (χ1n) is 9.28. The summed E-state index contributed by atoms with van der Waals surface area (Å²) < 4.78 is 5.14. The molecule has 2 heterocycles. The second-order valence-electron chi connectivity index (χ2n) is 6.97. The second kappa shape index (κ2) is 7.80. The van der Waals surface area contributed by atoms with Gasteiger partial charge in [-0.2, -0.15) is 0 Å². The Bertz CT molecular complexity index is 880. The summed E-state index contributed by atoms with van der Waals surface area (Å²) in [4.78, 5) is 22.4. The molecule has 27 heavy (non-hydrogen) atoms. The van der Waals surface area contributed by atoms with Crippen LogP contribution in [0.2, 0.25) is 0 Å². The first kappa shape index (κ1) is 17.5. The van der Waals surface area contributed by atoms with Gasteiger partial charge in [-0.05, 0) is 29.8 Å². The Morgan fingerprint density at radius 2 is 2.00 bits per heavy atom. The number of hydrogen-bond acceptors (Lipinski definition) is 4. The number of hydrogen-bond donors (Lipinski definition) is 2. The Kier molecular flexibility index (Phi) is 5.07. The fraction of sp³-hybridized carbons (Fsp3) is 0.333. The summed E-state index contributed by atoms with van der Waals surface area (Å²) in [5.74, 6) is 2.39. The molecule has 1 aliphatic heterocycles. The number of imidazole rings is 1. The van der Waals surface area contributed by atoms with Crippen molar-refractivity contribution in [2.45, 2.75) is 18.9 Å². The Morgan fingerprint density at radius 1 is 1.22 bits per heavy atom. The molecule has 4 rings (SSSR count). The SMILES string of the molecule is COc1ccc(CNC(=O)CCN2CC(c3nc4ccccc4[nH]3)C2)cc1. The number of benzene rings is 2. The van der Waals surface area contributed by atoms with Crippen LogP contribution in [0.1, 0.15) is 23.7 Å². The van der Waals surface area contributed by atoms with E-state index in [0.29, 0.717) is 18.9 Å². The molecule has 1 aromatic heterocycles. The lowest BCUT2D eigenvalue weighted by molar-refractivity contribution is -0.121. The van der Waals surface area contributed by atoms with Crippen LogP contribution < -0.4 is 10.1 Å². The van der Waals surface area contributed by atoms with Crippen molar-refractivity contribution in [2.75, 3.05) is 26.7 Å². The predicted molar refractivity (Wildman–Crippen MR) is 105 cm³/mol. The second-order valence-corrected chi connectivity index (χ2v) is 6.97. The number of methoxy groups -OCH3 is 1. The maximum Gasteiger partial charge on any atom is 0.221 e. The third-order valence-electron chi connectivity index (χ3n) is 5.06. The fourth-order valence-electron chi connectivity index (χ4n) is 3.38. The summed E-state index contributed by atoms with van der Waals surface area (Å²) in [6.07, 6.45) is 0.517. The number of aromatic amines is 1. The summed E-state index contributed by atoms with van der Waals surface area (Å²) in [6, 6.07) is 15.8. The molecule has 0 unspecified atom stereocenters. The zero-order chi connectivity index (χ0) is 18.6. The molecular formula is C21H24N4O2. The molecule has 0 saturated carbocycles. The van der Waals surface area contributed by atoms with Gasteiger partial charge in [0.2, 0.25) is 5.91 Å². The molecule has 6 heteroatoms. The highest BCUT2D eigenvalue weighted by Crippen LogP contribution is 2.26. The molecule has 2 N–H and O–H groups in total. The third-order valence-corrected chi connectivity index (χ3v) is 5.06. The monoisotopic (exact) mass is 364 g/mol. The van der Waals surface area contributed by atoms with E-state index in [4.69, 9.17) is 4.74 Å². The lowest BCUT2D eigenvalue weighted by Crippen LogP contribution is -2.46. The average molecular weight is 364 g/mol. The Hall–Kier alpha value is -2.86. The number of para-hydroxylation sites is 2. The number of carbonyl (C=O) groups is 1. The van der Waals surface area contributed by atoms with E-state index in [1.54, 1.807) is 7.11 Å². The van der Waals surface area contributed by atoms with Gasteiger partial charge in [-0.3, -0.25) is 4.79 Å². The predicted octanol–water partition coefficient (Wildman–Crippen LogP) is 2.68. The van der Waals surface area contributed by atoms with Crippen LogP contribution in [0, 0.1) is 0 Å². The first-order valence-corrected chi connectivity index (χ1v) is 9.28. The van der Waals surface area contributed by atoms with Crippen molar-refractivity contribution >= 4 is 16.9 Å². The number of ether oxygens (including phenoxy) is 1. The van der Waals surface area contributed by atoms with Crippen molar-refractivity contribution in [3.05, 3.63) is 59.9 Å². The van der Waals surface area contributed by atoms with E-state index < -0.39 is 0 Å². The van der Waals surface area contributed by atoms with Crippen LogP contribution in [-0.4, -0.2) is 47.5 Å². The van der Waals surface area contributed by atoms with E-state index in [9.17, 15) is 4.79 Å². The molecule has 0 aliphatic carbocycles. The van der Waals surface area contributed by atoms with E-state index in [2.05, 4.69) is 26.3 Å². The number of carbonyl (C=O) groups excluding carboxylic acids is 1. The summed E-state index contributed by atoms with van der Waals surface area (Å²) >= 11 is 0. The van der Waals surface area contributed by atoms with Gasteiger partial charge >= 0.3 is 0 Å². The topological polar surface area (TPSA) is 70.2 Å². The Balaban J connectivity index is 1.18. The highest BCUT2D eigenvalue weighted by atomic mass is 16.5. The molecule has 140 valence electrons. The number of nitrogens with one attached hydrogen (secondary N) is 2. The van der Waals surface area contributed by atoms with Gasteiger partial charge in [0.1, 0.15) is 11.6 Å². The van der Waals surface area contributed by atoms with Crippen LogP contribution in [0.3, 0.4) is 0 Å². The van der Waals surface area contributed by atoms with Crippen LogP contribution in [0.5, 0.6) is 5.75 Å². The van der Waals surface area contributed by atoms with Gasteiger partial charge in [0.05, 0.1) is 18.1 Å². The zero-order valence-corrected chi connectivity index (χ0v) is 15.4. The molecule has 0 spiro atoms. The molecule has 1 aliphatic rings. The first-order chi connectivity index (χ1) is 13.2. The molecule has 1 saturated heterocycles. The largest absolute Gasteiger partial charge is 0.497 e. The third kappa shape index (κ3) is 4.11. The molecule has 2 aromatic carbocycles. The molecule has 1 amide bonds. The van der Waals surface area contributed by atoms with Gasteiger partial charge in [0, 0.05) is 38.5 Å². The number of likely N-dealkylation sites (tertiary alicyclic amines) is 1. The summed E-state index contributed by atoms with van der Waals surface area (Å²) in [6.45, 7) is 3.23. The molecule has 1 fully saturated rings. The number of H-pyrrole nitrogens is 1. The minimum absolute atomic E-state index is 0.0815. The minimum Gasteiger partial charge on any atom is -0.497 e. The minimum atomic E-state index is 0.0815. The van der Waals surface area contributed by atoms with Gasteiger partial charge in [0.15, 0.2) is 0 Å². The molecular weight excluding hydrogens is 340 g/mol. The Morgan fingerprint density at radius 3 is 2.74 bits per heavy atom. The van der Waals surface area contributed by atoms with E-state index in [0.717, 1.165) is 47.8 Å². The number of nitrogens with zero attached hydrogens (tertiary/aromatic N) is 2. The van der Waals surface area contributed by atoms with Gasteiger partial charge in [-0.1, -0.05) is 24.3 Å². The summed E-state index contributed by atoms with van der Waals surface area (Å²) in [7, 11) is 1.64. The Labute approximate surface area is 158 Å². The van der Waals surface area contributed by atoms with E-state index >= 15 is 0 Å². The normalized spacial score (nSPS) is 14.9. The van der Waals surface area contributed by atoms with Crippen molar-refractivity contribution in [1.29, 1.82) is 0 Å². The zero-order valence-electron chi connectivity index (χ0n) is 15.4. The number of fused-ring (bicyclic) bond motifs is 1. The lowest BCUT2D eigenvalue weighted by atomic mass is 9.99. The maximum absolute atomic E-state index is 12.1. The van der Waals surface area contributed by atoms with E-state index in [1.807, 2.05) is 42.5 Å². The van der Waals surface area contributed by atoms with Gasteiger partial charge in [-0.15, -0.1) is 0 Å². The molecule has 6 nitrogen and oxygen atoms in total. The van der Waals surface area contributed by atoms with Crippen molar-refractivity contribution in [3.8, 4) is 5.75 Å². The van der Waals surface area contributed by atoms with Crippen LogP contribution in [0.4, 0.5) is 0 Å². The van der Waals surface area contributed by atoms with Gasteiger partial charge < -0.3 is 19.9 Å².